The van der Waals surface area contributed by atoms with Crippen LogP contribution in [0.25, 0.3) is 16.8 Å². The number of aromatic nitrogens is 3. The van der Waals surface area contributed by atoms with E-state index in [-0.39, 0.29) is 19.0 Å². The fourth-order valence-corrected chi connectivity index (χ4v) is 3.14. The van der Waals surface area contributed by atoms with E-state index >= 15 is 0 Å². The number of carbonyl (C=O) groups excluding carboxylic acids is 1. The third-order valence-corrected chi connectivity index (χ3v) is 4.71. The number of benzene rings is 1. The van der Waals surface area contributed by atoms with Crippen LogP contribution in [0.2, 0.25) is 0 Å². The molecule has 0 aliphatic rings. The first kappa shape index (κ1) is 25.5. The lowest BCUT2D eigenvalue weighted by Crippen LogP contribution is -2.07. The van der Waals surface area contributed by atoms with E-state index in [2.05, 4.69) is 29.4 Å². The molecule has 0 amide bonds. The lowest BCUT2D eigenvalue weighted by atomic mass is 10.0. The summed E-state index contributed by atoms with van der Waals surface area (Å²) in [5.41, 5.74) is 10.2. The van der Waals surface area contributed by atoms with Crippen molar-refractivity contribution in [2.75, 3.05) is 6.61 Å². The van der Waals surface area contributed by atoms with E-state index in [0.717, 1.165) is 16.7 Å². The van der Waals surface area contributed by atoms with Crippen LogP contribution in [-0.2, 0) is 27.4 Å². The molecule has 33 heavy (non-hydrogen) atoms. The summed E-state index contributed by atoms with van der Waals surface area (Å²) in [4.78, 5) is 11.8. The second kappa shape index (κ2) is 13.0. The molecule has 0 saturated heterocycles. The summed E-state index contributed by atoms with van der Waals surface area (Å²) in [6.07, 6.45) is 5.14. The Morgan fingerprint density at radius 3 is 2.55 bits per heavy atom. The molecule has 0 spiro atoms. The van der Waals surface area contributed by atoms with Crippen LogP contribution in [0.4, 0.5) is 0 Å². The summed E-state index contributed by atoms with van der Waals surface area (Å²) in [6.45, 7) is 14.2. The van der Waals surface area contributed by atoms with Crippen LogP contribution >= 0.6 is 0 Å². The molecule has 0 unspecified atom stereocenters. The predicted octanol–water partition coefficient (Wildman–Crippen LogP) is 4.98. The van der Waals surface area contributed by atoms with Gasteiger partial charge in [0.1, 0.15) is 12.4 Å². The van der Waals surface area contributed by atoms with Gasteiger partial charge in [-0.05, 0) is 47.9 Å². The van der Waals surface area contributed by atoms with E-state index in [1.807, 2.05) is 54.8 Å². The Kier molecular flexibility index (Phi) is 10.0. The van der Waals surface area contributed by atoms with Gasteiger partial charge in [0.2, 0.25) is 0 Å². The monoisotopic (exact) mass is 448 g/mol. The standard InChI is InChI=1S/C24H26N4O3.C2H6/c1-4-18(13-24(29)30-6-3)21(5-2)31-16-23-27-26-22-11-10-20(15-28(22)23)19-9-7-8-17(12-19)14-25;1-2/h4-5,7-12,15H,1-2,6,13-14,16,25H2,3H3;1-2H3/b21-18-;. The van der Waals surface area contributed by atoms with Crippen LogP contribution in [0, 0.1) is 0 Å². The SMILES string of the molecule is C=C/C(CC(=O)OCC)=C(\C=C)OCc1nnc2ccc(-c3cccc(CN)c3)cn12.CC. The van der Waals surface area contributed by atoms with Crippen molar-refractivity contribution >= 4 is 11.6 Å². The van der Waals surface area contributed by atoms with Crippen molar-refractivity contribution in [3.63, 3.8) is 0 Å². The molecule has 2 aromatic heterocycles. The maximum Gasteiger partial charge on any atom is 0.310 e. The third-order valence-electron chi connectivity index (χ3n) is 4.71. The van der Waals surface area contributed by atoms with Gasteiger partial charge < -0.3 is 15.2 Å². The zero-order valence-electron chi connectivity index (χ0n) is 19.6. The fraction of sp³-hybridized carbons (Fsp3) is 0.269. The van der Waals surface area contributed by atoms with Gasteiger partial charge in [-0.1, -0.05) is 51.3 Å². The number of fused-ring (bicyclic) bond motifs is 1. The van der Waals surface area contributed by atoms with Gasteiger partial charge in [0.25, 0.3) is 0 Å². The molecule has 0 radical (unpaired) electrons. The lowest BCUT2D eigenvalue weighted by molar-refractivity contribution is -0.142. The van der Waals surface area contributed by atoms with E-state index in [9.17, 15) is 4.79 Å². The summed E-state index contributed by atoms with van der Waals surface area (Å²) in [5, 5.41) is 8.44. The van der Waals surface area contributed by atoms with Gasteiger partial charge >= 0.3 is 5.97 Å². The van der Waals surface area contributed by atoms with Crippen molar-refractivity contribution in [2.45, 2.75) is 40.3 Å². The van der Waals surface area contributed by atoms with Crippen molar-refractivity contribution in [1.29, 1.82) is 0 Å². The zero-order valence-corrected chi connectivity index (χ0v) is 19.6. The minimum atomic E-state index is -0.349. The highest BCUT2D eigenvalue weighted by atomic mass is 16.5. The maximum atomic E-state index is 11.8. The largest absolute Gasteiger partial charge is 0.485 e. The Morgan fingerprint density at radius 1 is 1.09 bits per heavy atom. The molecule has 2 N–H and O–H groups in total. The molecule has 0 saturated carbocycles. The highest BCUT2D eigenvalue weighted by Crippen LogP contribution is 2.22. The first-order valence-electron chi connectivity index (χ1n) is 11.0. The van der Waals surface area contributed by atoms with Crippen molar-refractivity contribution < 1.29 is 14.3 Å². The average molecular weight is 449 g/mol. The Balaban J connectivity index is 0.00000187. The highest BCUT2D eigenvalue weighted by molar-refractivity contribution is 5.73. The minimum absolute atomic E-state index is 0.0565. The molecule has 1 aromatic carbocycles. The number of pyridine rings is 1. The topological polar surface area (TPSA) is 91.7 Å². The number of ether oxygens (including phenoxy) is 2. The number of rotatable bonds is 10. The first-order valence-corrected chi connectivity index (χ1v) is 11.0. The van der Waals surface area contributed by atoms with Crippen LogP contribution < -0.4 is 5.73 Å². The van der Waals surface area contributed by atoms with Crippen LogP contribution in [0.1, 0.15) is 38.6 Å². The van der Waals surface area contributed by atoms with Gasteiger partial charge in [0.15, 0.2) is 11.5 Å². The van der Waals surface area contributed by atoms with Gasteiger partial charge in [-0.3, -0.25) is 9.20 Å². The number of nitrogens with zero attached hydrogens (tertiary/aromatic N) is 3. The van der Waals surface area contributed by atoms with Crippen LogP contribution in [0.3, 0.4) is 0 Å². The third kappa shape index (κ3) is 6.63. The van der Waals surface area contributed by atoms with Crippen molar-refractivity contribution in [3.05, 3.63) is 90.6 Å². The highest BCUT2D eigenvalue weighted by Gasteiger charge is 2.12. The Hall–Kier alpha value is -3.71. The molecule has 0 fully saturated rings. The molecule has 3 rings (SSSR count). The fourth-order valence-electron chi connectivity index (χ4n) is 3.14. The second-order valence-electron chi connectivity index (χ2n) is 6.73. The number of allylic oxidation sites excluding steroid dienone is 2. The van der Waals surface area contributed by atoms with Crippen molar-refractivity contribution in [2.24, 2.45) is 5.73 Å². The quantitative estimate of drug-likeness (QED) is 0.267. The molecule has 0 aliphatic carbocycles. The number of hydrogen-bond acceptors (Lipinski definition) is 6. The van der Waals surface area contributed by atoms with E-state index in [0.29, 0.717) is 36.0 Å². The molecule has 3 aromatic rings. The minimum Gasteiger partial charge on any atom is -0.485 e. The summed E-state index contributed by atoms with van der Waals surface area (Å²) in [5.74, 6) is 0.718. The zero-order chi connectivity index (χ0) is 24.2. The molecule has 174 valence electrons. The molecule has 7 heteroatoms. The molecule has 0 aliphatic heterocycles. The smallest absolute Gasteiger partial charge is 0.310 e. The Labute approximate surface area is 195 Å². The van der Waals surface area contributed by atoms with Gasteiger partial charge in [-0.15, -0.1) is 10.2 Å². The summed E-state index contributed by atoms with van der Waals surface area (Å²) in [6, 6.07) is 12.0. The van der Waals surface area contributed by atoms with Crippen LogP contribution in [0.15, 0.2) is 79.2 Å². The van der Waals surface area contributed by atoms with Gasteiger partial charge in [0.05, 0.1) is 13.0 Å². The predicted molar refractivity (Wildman–Crippen MR) is 131 cm³/mol. The van der Waals surface area contributed by atoms with E-state index in [1.54, 1.807) is 19.1 Å². The maximum absolute atomic E-state index is 11.8. The molecular formula is C26H32N4O3. The number of carbonyl (C=O) groups is 1. The molecule has 7 nitrogen and oxygen atoms in total. The molecule has 2 heterocycles. The summed E-state index contributed by atoms with van der Waals surface area (Å²) < 4.78 is 12.8. The number of hydrogen-bond donors (Lipinski definition) is 1. The Morgan fingerprint density at radius 2 is 1.88 bits per heavy atom. The Bertz CT molecular complexity index is 1130. The second-order valence-corrected chi connectivity index (χ2v) is 6.73. The number of esters is 1. The molecular weight excluding hydrogens is 416 g/mol. The van der Waals surface area contributed by atoms with Crippen molar-refractivity contribution in [3.8, 4) is 11.1 Å². The van der Waals surface area contributed by atoms with Crippen LogP contribution in [0.5, 0.6) is 0 Å². The summed E-state index contributed by atoms with van der Waals surface area (Å²) in [7, 11) is 0. The van der Waals surface area contributed by atoms with Crippen molar-refractivity contribution in [1.82, 2.24) is 14.6 Å². The van der Waals surface area contributed by atoms with Gasteiger partial charge in [-0.25, -0.2) is 0 Å². The normalized spacial score (nSPS) is 11.2. The van der Waals surface area contributed by atoms with Gasteiger partial charge in [0, 0.05) is 18.3 Å². The van der Waals surface area contributed by atoms with Crippen LogP contribution in [-0.4, -0.2) is 27.2 Å². The van der Waals surface area contributed by atoms with E-state index < -0.39 is 0 Å². The van der Waals surface area contributed by atoms with Gasteiger partial charge in [-0.2, -0.15) is 0 Å². The van der Waals surface area contributed by atoms with E-state index in [1.165, 1.54) is 0 Å². The summed E-state index contributed by atoms with van der Waals surface area (Å²) >= 11 is 0. The molecule has 0 bridgehead atoms. The van der Waals surface area contributed by atoms with E-state index in [4.69, 9.17) is 15.2 Å². The molecule has 0 atom stereocenters. The average Bonchev–Trinajstić information content (AvgIpc) is 3.27. The first-order chi connectivity index (χ1) is 16.1. The lowest BCUT2D eigenvalue weighted by Gasteiger charge is -2.11. The number of nitrogens with two attached hydrogens (primary N) is 1.